The van der Waals surface area contributed by atoms with Crippen LogP contribution in [0.1, 0.15) is 23.1 Å². The van der Waals surface area contributed by atoms with E-state index in [-0.39, 0.29) is 42.5 Å². The summed E-state index contributed by atoms with van der Waals surface area (Å²) < 4.78 is 23.0. The van der Waals surface area contributed by atoms with Crippen LogP contribution in [-0.4, -0.2) is 67.8 Å². The summed E-state index contributed by atoms with van der Waals surface area (Å²) in [6.45, 7) is 6.19. The number of amides is 2. The molecule has 2 aromatic rings. The van der Waals surface area contributed by atoms with Gasteiger partial charge in [0.1, 0.15) is 0 Å². The third-order valence-corrected chi connectivity index (χ3v) is 7.63. The quantitative estimate of drug-likeness (QED) is 0.648. The van der Waals surface area contributed by atoms with E-state index in [1.54, 1.807) is 11.9 Å². The molecule has 1 unspecified atom stereocenters. The Morgan fingerprint density at radius 2 is 1.81 bits per heavy atom. The van der Waals surface area contributed by atoms with Gasteiger partial charge in [-0.15, -0.1) is 11.3 Å². The number of carbonyl (C=O) groups excluding carboxylic acids is 2. The van der Waals surface area contributed by atoms with Crippen LogP contribution in [0.25, 0.3) is 11.3 Å². The lowest BCUT2D eigenvalue weighted by molar-refractivity contribution is -0.123. The highest BCUT2D eigenvalue weighted by Gasteiger charge is 2.29. The SMILES string of the molecule is Cc1cc(C)c(-c2csc(NC(=O)CN(C)CC(=O)NC3CCS(=O)(=O)C3)n2)c(C)c1. The van der Waals surface area contributed by atoms with Gasteiger partial charge in [0.15, 0.2) is 15.0 Å². The Morgan fingerprint density at radius 3 is 2.42 bits per heavy atom. The average molecular weight is 465 g/mol. The van der Waals surface area contributed by atoms with Crippen molar-refractivity contribution in [2.24, 2.45) is 0 Å². The molecule has 168 valence electrons. The second-order valence-corrected chi connectivity index (χ2v) is 11.3. The summed E-state index contributed by atoms with van der Waals surface area (Å²) in [5, 5.41) is 7.94. The minimum absolute atomic E-state index is 0.00877. The van der Waals surface area contributed by atoms with Gasteiger partial charge in [-0.25, -0.2) is 13.4 Å². The van der Waals surface area contributed by atoms with Crippen molar-refractivity contribution in [3.05, 3.63) is 34.2 Å². The number of nitrogens with zero attached hydrogens (tertiary/aromatic N) is 2. The number of aryl methyl sites for hydroxylation is 3. The number of anilines is 1. The van der Waals surface area contributed by atoms with Gasteiger partial charge in [-0.1, -0.05) is 17.7 Å². The molecule has 2 heterocycles. The Hall–Kier alpha value is -2.30. The third-order valence-electron chi connectivity index (χ3n) is 5.11. The molecule has 1 aromatic heterocycles. The van der Waals surface area contributed by atoms with E-state index in [1.807, 2.05) is 19.2 Å². The van der Waals surface area contributed by atoms with Crippen LogP contribution < -0.4 is 10.6 Å². The molecule has 31 heavy (non-hydrogen) atoms. The number of nitrogens with one attached hydrogen (secondary N) is 2. The van der Waals surface area contributed by atoms with E-state index < -0.39 is 9.84 Å². The maximum atomic E-state index is 12.4. The van der Waals surface area contributed by atoms with Gasteiger partial charge in [0.2, 0.25) is 11.8 Å². The largest absolute Gasteiger partial charge is 0.351 e. The predicted octanol–water partition coefficient (Wildman–Crippen LogP) is 1.91. The van der Waals surface area contributed by atoms with E-state index in [0.717, 1.165) is 22.4 Å². The zero-order valence-corrected chi connectivity index (χ0v) is 19.8. The molecular formula is C21H28N4O4S2. The normalized spacial score (nSPS) is 17.6. The molecule has 1 fully saturated rings. The molecule has 2 amide bonds. The Morgan fingerprint density at radius 1 is 1.16 bits per heavy atom. The van der Waals surface area contributed by atoms with E-state index >= 15 is 0 Å². The van der Waals surface area contributed by atoms with Crippen molar-refractivity contribution in [1.82, 2.24) is 15.2 Å². The van der Waals surface area contributed by atoms with E-state index in [2.05, 4.69) is 34.7 Å². The minimum atomic E-state index is -3.05. The highest BCUT2D eigenvalue weighted by atomic mass is 32.2. The average Bonchev–Trinajstić information content (AvgIpc) is 3.19. The molecule has 1 aromatic carbocycles. The number of hydrogen-bond acceptors (Lipinski definition) is 7. The number of aromatic nitrogens is 1. The molecule has 1 saturated heterocycles. The van der Waals surface area contributed by atoms with Crippen molar-refractivity contribution in [2.75, 3.05) is 37.0 Å². The first-order chi connectivity index (χ1) is 14.5. The zero-order chi connectivity index (χ0) is 22.8. The molecule has 0 radical (unpaired) electrons. The van der Waals surface area contributed by atoms with Gasteiger partial charge >= 0.3 is 0 Å². The van der Waals surface area contributed by atoms with Gasteiger partial charge in [0.05, 0.1) is 30.3 Å². The molecule has 1 aliphatic heterocycles. The second-order valence-electron chi connectivity index (χ2n) is 8.20. The fraction of sp³-hybridized carbons (Fsp3) is 0.476. The number of benzene rings is 1. The van der Waals surface area contributed by atoms with Gasteiger partial charge in [-0.3, -0.25) is 14.5 Å². The van der Waals surface area contributed by atoms with E-state index in [0.29, 0.717) is 11.6 Å². The van der Waals surface area contributed by atoms with Crippen LogP contribution >= 0.6 is 11.3 Å². The topological polar surface area (TPSA) is 108 Å². The van der Waals surface area contributed by atoms with Crippen LogP contribution in [0.15, 0.2) is 17.5 Å². The fourth-order valence-corrected chi connectivity index (χ4v) is 6.31. The van der Waals surface area contributed by atoms with E-state index in [4.69, 9.17) is 0 Å². The molecule has 0 bridgehead atoms. The molecule has 0 spiro atoms. The van der Waals surface area contributed by atoms with Crippen LogP contribution in [0.5, 0.6) is 0 Å². The van der Waals surface area contributed by atoms with Crippen molar-refractivity contribution >= 4 is 38.1 Å². The molecular weight excluding hydrogens is 436 g/mol. The first-order valence-electron chi connectivity index (χ1n) is 10.0. The lowest BCUT2D eigenvalue weighted by Crippen LogP contribution is -2.43. The Kier molecular flexibility index (Phi) is 7.13. The first kappa shape index (κ1) is 23.4. The monoisotopic (exact) mass is 464 g/mol. The molecule has 0 saturated carbocycles. The summed E-state index contributed by atoms with van der Waals surface area (Å²) in [6.07, 6.45) is 0.435. The molecule has 1 aliphatic rings. The van der Waals surface area contributed by atoms with Crippen molar-refractivity contribution in [3.63, 3.8) is 0 Å². The van der Waals surface area contributed by atoms with Crippen molar-refractivity contribution < 1.29 is 18.0 Å². The van der Waals surface area contributed by atoms with Gasteiger partial charge in [-0.05, 0) is 45.4 Å². The van der Waals surface area contributed by atoms with Crippen molar-refractivity contribution in [2.45, 2.75) is 33.2 Å². The van der Waals surface area contributed by atoms with Gasteiger partial charge < -0.3 is 10.6 Å². The van der Waals surface area contributed by atoms with Gasteiger partial charge in [0.25, 0.3) is 0 Å². The fourth-order valence-electron chi connectivity index (χ4n) is 3.92. The molecule has 2 N–H and O–H groups in total. The summed E-state index contributed by atoms with van der Waals surface area (Å²) in [5.41, 5.74) is 5.38. The maximum Gasteiger partial charge on any atom is 0.240 e. The predicted molar refractivity (Wildman–Crippen MR) is 123 cm³/mol. The number of rotatable bonds is 7. The Labute approximate surface area is 187 Å². The second kappa shape index (κ2) is 9.46. The van der Waals surface area contributed by atoms with Crippen LogP contribution in [0.3, 0.4) is 0 Å². The zero-order valence-electron chi connectivity index (χ0n) is 18.2. The Bertz CT molecular complexity index is 1070. The summed E-state index contributed by atoms with van der Waals surface area (Å²) in [6, 6.07) is 3.88. The van der Waals surface area contributed by atoms with Crippen LogP contribution in [0, 0.1) is 20.8 Å². The number of thiazole rings is 1. The lowest BCUT2D eigenvalue weighted by Gasteiger charge is -2.17. The maximum absolute atomic E-state index is 12.4. The highest BCUT2D eigenvalue weighted by Crippen LogP contribution is 2.31. The number of carbonyl (C=O) groups is 2. The van der Waals surface area contributed by atoms with Crippen LogP contribution in [0.4, 0.5) is 5.13 Å². The minimum Gasteiger partial charge on any atom is -0.351 e. The molecule has 10 heteroatoms. The summed E-state index contributed by atoms with van der Waals surface area (Å²) in [7, 11) is -1.38. The van der Waals surface area contributed by atoms with Crippen LogP contribution in [0.2, 0.25) is 0 Å². The smallest absolute Gasteiger partial charge is 0.240 e. The Balaban J connectivity index is 1.51. The molecule has 0 aliphatic carbocycles. The number of likely N-dealkylation sites (N-methyl/N-ethyl adjacent to an activating group) is 1. The molecule has 3 rings (SSSR count). The standard InChI is InChI=1S/C21H28N4O4S2/c1-13-7-14(2)20(15(3)8-13)17-11-30-21(23-17)24-19(27)10-25(4)9-18(26)22-16-5-6-31(28,29)12-16/h7-8,11,16H,5-6,9-10,12H2,1-4H3,(H,22,26)(H,23,24,27). The van der Waals surface area contributed by atoms with Gasteiger partial charge in [-0.2, -0.15) is 0 Å². The first-order valence-corrected chi connectivity index (χ1v) is 12.7. The van der Waals surface area contributed by atoms with Crippen molar-refractivity contribution in [3.8, 4) is 11.3 Å². The third kappa shape index (κ3) is 6.34. The van der Waals surface area contributed by atoms with Crippen molar-refractivity contribution in [1.29, 1.82) is 0 Å². The molecule has 8 nitrogen and oxygen atoms in total. The summed E-state index contributed by atoms with van der Waals surface area (Å²) in [4.78, 5) is 30.6. The number of sulfone groups is 1. The van der Waals surface area contributed by atoms with Gasteiger partial charge in [0, 0.05) is 17.0 Å². The van der Waals surface area contributed by atoms with E-state index in [9.17, 15) is 18.0 Å². The lowest BCUT2D eigenvalue weighted by atomic mass is 9.98. The summed E-state index contributed by atoms with van der Waals surface area (Å²) in [5.74, 6) is -0.473. The van der Waals surface area contributed by atoms with E-state index in [1.165, 1.54) is 16.9 Å². The number of hydrogen-bond donors (Lipinski definition) is 2. The molecule has 1 atom stereocenters. The highest BCUT2D eigenvalue weighted by molar-refractivity contribution is 7.91. The van der Waals surface area contributed by atoms with Crippen LogP contribution in [-0.2, 0) is 19.4 Å². The summed E-state index contributed by atoms with van der Waals surface area (Å²) >= 11 is 1.36.